The van der Waals surface area contributed by atoms with E-state index in [1.807, 2.05) is 0 Å². The van der Waals surface area contributed by atoms with Crippen LogP contribution in [-0.2, 0) is 19.8 Å². The highest BCUT2D eigenvalue weighted by Crippen LogP contribution is 2.46. The average Bonchev–Trinajstić information content (AvgIpc) is 2.76. The topological polar surface area (TPSA) is 99.3 Å². The largest absolute Gasteiger partial charge is 0.436 e. The summed E-state index contributed by atoms with van der Waals surface area (Å²) in [5.74, 6) is -2.45. The third-order valence-corrected chi connectivity index (χ3v) is 5.60. The van der Waals surface area contributed by atoms with E-state index in [-0.39, 0.29) is 54.8 Å². The molecule has 1 saturated heterocycles. The summed E-state index contributed by atoms with van der Waals surface area (Å²) in [7, 11) is 3.05. The number of aromatic nitrogens is 1. The Kier molecular flexibility index (Phi) is 5.59. The molecule has 3 atom stereocenters. The standard InChI is InChI=1S/C21H22F2N4O4/c1-27-19(28)15-9-13(10-29-2)30-11-21(15,26-20(27)24)14-8-12(5-6-16(14)22)31-18-17(23)4-3-7-25-18/h3-8,13,15H,9-11H2,1-2H3,(H2,24,26)/t13-,15+,21-/m1/s1. The molecule has 2 aliphatic heterocycles. The highest BCUT2D eigenvalue weighted by atomic mass is 19.1. The lowest BCUT2D eigenvalue weighted by Gasteiger charge is -2.47. The quantitative estimate of drug-likeness (QED) is 0.778. The summed E-state index contributed by atoms with van der Waals surface area (Å²) < 4.78 is 45.6. The molecule has 10 heteroatoms. The summed E-state index contributed by atoms with van der Waals surface area (Å²) in [6, 6.07) is 6.53. The summed E-state index contributed by atoms with van der Waals surface area (Å²) >= 11 is 0. The minimum absolute atomic E-state index is 0.0449. The summed E-state index contributed by atoms with van der Waals surface area (Å²) in [5.41, 5.74) is 4.68. The second kappa shape index (κ2) is 8.20. The monoisotopic (exact) mass is 432 g/mol. The van der Waals surface area contributed by atoms with Crippen molar-refractivity contribution in [3.63, 3.8) is 0 Å². The van der Waals surface area contributed by atoms with E-state index in [0.717, 1.165) is 0 Å². The van der Waals surface area contributed by atoms with Crippen LogP contribution in [0.5, 0.6) is 11.6 Å². The number of aliphatic imine (C=N–C) groups is 1. The molecule has 0 saturated carbocycles. The van der Waals surface area contributed by atoms with E-state index in [2.05, 4.69) is 9.98 Å². The molecule has 1 aromatic heterocycles. The molecule has 0 radical (unpaired) electrons. The number of benzene rings is 1. The van der Waals surface area contributed by atoms with Crippen LogP contribution in [0.4, 0.5) is 8.78 Å². The fourth-order valence-electron chi connectivity index (χ4n) is 4.00. The van der Waals surface area contributed by atoms with Crippen LogP contribution in [0.25, 0.3) is 0 Å². The number of halogens is 2. The van der Waals surface area contributed by atoms with Gasteiger partial charge < -0.3 is 19.9 Å². The molecular formula is C21H22F2N4O4. The number of ether oxygens (including phenoxy) is 3. The predicted molar refractivity (Wildman–Crippen MR) is 106 cm³/mol. The Labute approximate surface area is 177 Å². The van der Waals surface area contributed by atoms with Gasteiger partial charge in [0.1, 0.15) is 17.1 Å². The molecule has 2 N–H and O–H groups in total. The van der Waals surface area contributed by atoms with Gasteiger partial charge in [-0.3, -0.25) is 9.69 Å². The number of amides is 1. The van der Waals surface area contributed by atoms with Crippen LogP contribution >= 0.6 is 0 Å². The molecule has 0 unspecified atom stereocenters. The lowest BCUT2D eigenvalue weighted by Crippen LogP contribution is -2.60. The maximum absolute atomic E-state index is 15.1. The molecule has 2 aromatic rings. The number of nitrogens with zero attached hydrogens (tertiary/aromatic N) is 3. The Morgan fingerprint density at radius 3 is 2.87 bits per heavy atom. The van der Waals surface area contributed by atoms with Crippen molar-refractivity contribution in [1.82, 2.24) is 9.88 Å². The Balaban J connectivity index is 1.78. The molecular weight excluding hydrogens is 410 g/mol. The van der Waals surface area contributed by atoms with Crippen LogP contribution in [-0.4, -0.2) is 55.2 Å². The first kappa shape index (κ1) is 21.1. The SMILES string of the molecule is COC[C@H]1C[C@H]2C(=O)N(C)C(N)=N[C@@]2(c2cc(Oc3ncccc3F)ccc2F)CO1. The Hall–Kier alpha value is -3.11. The summed E-state index contributed by atoms with van der Waals surface area (Å²) in [4.78, 5) is 22.7. The fraction of sp³-hybridized carbons (Fsp3) is 0.381. The van der Waals surface area contributed by atoms with Crippen molar-refractivity contribution in [3.8, 4) is 11.6 Å². The first-order valence-corrected chi connectivity index (χ1v) is 9.67. The zero-order chi connectivity index (χ0) is 22.2. The van der Waals surface area contributed by atoms with Gasteiger partial charge in [0.15, 0.2) is 11.8 Å². The molecule has 0 bridgehead atoms. The van der Waals surface area contributed by atoms with Crippen molar-refractivity contribution in [2.75, 3.05) is 27.4 Å². The van der Waals surface area contributed by atoms with Gasteiger partial charge in [-0.15, -0.1) is 0 Å². The van der Waals surface area contributed by atoms with Gasteiger partial charge in [-0.1, -0.05) is 0 Å². The molecule has 164 valence electrons. The van der Waals surface area contributed by atoms with Crippen molar-refractivity contribution in [1.29, 1.82) is 0 Å². The Morgan fingerprint density at radius 2 is 2.13 bits per heavy atom. The van der Waals surface area contributed by atoms with Crippen LogP contribution in [0.1, 0.15) is 12.0 Å². The number of methoxy groups -OCH3 is 1. The van der Waals surface area contributed by atoms with Crippen molar-refractivity contribution in [2.24, 2.45) is 16.6 Å². The zero-order valence-corrected chi connectivity index (χ0v) is 17.0. The van der Waals surface area contributed by atoms with Crippen molar-refractivity contribution < 1.29 is 27.8 Å². The Morgan fingerprint density at radius 1 is 1.32 bits per heavy atom. The maximum Gasteiger partial charge on any atom is 0.255 e. The van der Waals surface area contributed by atoms with Gasteiger partial charge in [-0.2, -0.15) is 0 Å². The van der Waals surface area contributed by atoms with Crippen molar-refractivity contribution in [2.45, 2.75) is 18.1 Å². The van der Waals surface area contributed by atoms with Crippen LogP contribution in [0.15, 0.2) is 41.5 Å². The van der Waals surface area contributed by atoms with Gasteiger partial charge in [0.25, 0.3) is 5.88 Å². The molecule has 0 spiro atoms. The van der Waals surface area contributed by atoms with E-state index in [1.165, 1.54) is 55.6 Å². The van der Waals surface area contributed by atoms with E-state index in [4.69, 9.17) is 19.9 Å². The number of carbonyl (C=O) groups is 1. The van der Waals surface area contributed by atoms with Crippen molar-refractivity contribution >= 4 is 11.9 Å². The van der Waals surface area contributed by atoms with Gasteiger partial charge in [0.2, 0.25) is 5.91 Å². The lowest BCUT2D eigenvalue weighted by molar-refractivity contribution is -0.148. The first-order valence-electron chi connectivity index (χ1n) is 9.67. The summed E-state index contributed by atoms with van der Waals surface area (Å²) in [6.07, 6.45) is 1.30. The van der Waals surface area contributed by atoms with Gasteiger partial charge in [-0.05, 0) is 36.8 Å². The van der Waals surface area contributed by atoms with E-state index in [0.29, 0.717) is 0 Å². The number of rotatable bonds is 5. The zero-order valence-electron chi connectivity index (χ0n) is 17.0. The second-order valence-corrected chi connectivity index (χ2v) is 7.50. The van der Waals surface area contributed by atoms with E-state index >= 15 is 4.39 Å². The molecule has 1 fully saturated rings. The molecule has 3 heterocycles. The molecule has 8 nitrogen and oxygen atoms in total. The minimum atomic E-state index is -1.38. The lowest BCUT2D eigenvalue weighted by atomic mass is 9.72. The third-order valence-electron chi connectivity index (χ3n) is 5.60. The normalized spacial score (nSPS) is 25.7. The van der Waals surface area contributed by atoms with Gasteiger partial charge in [0, 0.05) is 25.9 Å². The summed E-state index contributed by atoms with van der Waals surface area (Å²) in [6.45, 7) is 0.206. The first-order chi connectivity index (χ1) is 14.9. The number of hydrogen-bond acceptors (Lipinski definition) is 7. The van der Waals surface area contributed by atoms with Crippen LogP contribution in [0.2, 0.25) is 0 Å². The van der Waals surface area contributed by atoms with E-state index in [1.54, 1.807) is 0 Å². The van der Waals surface area contributed by atoms with Crippen molar-refractivity contribution in [3.05, 3.63) is 53.7 Å². The summed E-state index contributed by atoms with van der Waals surface area (Å²) in [5, 5.41) is 0. The number of guanidine groups is 1. The highest BCUT2D eigenvalue weighted by Gasteiger charge is 2.54. The molecule has 1 amide bonds. The number of pyridine rings is 1. The number of hydrogen-bond donors (Lipinski definition) is 1. The molecule has 1 aromatic carbocycles. The van der Waals surface area contributed by atoms with E-state index < -0.39 is 23.1 Å². The molecule has 2 aliphatic rings. The van der Waals surface area contributed by atoms with Crippen LogP contribution in [0.3, 0.4) is 0 Å². The predicted octanol–water partition coefficient (Wildman–Crippen LogP) is 2.19. The molecule has 31 heavy (non-hydrogen) atoms. The second-order valence-electron chi connectivity index (χ2n) is 7.50. The smallest absolute Gasteiger partial charge is 0.255 e. The number of carbonyl (C=O) groups excluding carboxylic acids is 1. The van der Waals surface area contributed by atoms with Gasteiger partial charge in [-0.25, -0.2) is 18.8 Å². The van der Waals surface area contributed by atoms with Crippen LogP contribution in [0, 0.1) is 17.6 Å². The average molecular weight is 432 g/mol. The Bertz CT molecular complexity index is 1030. The minimum Gasteiger partial charge on any atom is -0.436 e. The molecule has 4 rings (SSSR count). The highest BCUT2D eigenvalue weighted by molar-refractivity contribution is 6.00. The third kappa shape index (κ3) is 3.72. The fourth-order valence-corrected chi connectivity index (χ4v) is 4.00. The van der Waals surface area contributed by atoms with E-state index in [9.17, 15) is 9.18 Å². The number of nitrogens with two attached hydrogens (primary N) is 1. The maximum atomic E-state index is 15.1. The molecule has 0 aliphatic carbocycles. The number of fused-ring (bicyclic) bond motifs is 1. The van der Waals surface area contributed by atoms with Gasteiger partial charge >= 0.3 is 0 Å². The van der Waals surface area contributed by atoms with Crippen LogP contribution < -0.4 is 10.5 Å². The van der Waals surface area contributed by atoms with Gasteiger partial charge in [0.05, 0.1) is 25.2 Å².